The van der Waals surface area contributed by atoms with Gasteiger partial charge in [0.1, 0.15) is 0 Å². The Balaban J connectivity index is 0.00000121. The molecule has 1 rings (SSSR count). The minimum atomic E-state index is -0.188. The lowest BCUT2D eigenvalue weighted by Gasteiger charge is -2.36. The molecule has 1 saturated heterocycles. The topological polar surface area (TPSA) is 38.8 Å². The molecule has 0 aromatic rings. The minimum absolute atomic E-state index is 0.00796. The molecule has 3 atom stereocenters. The summed E-state index contributed by atoms with van der Waals surface area (Å²) in [4.78, 5) is 13.3. The maximum absolute atomic E-state index is 11.1. The Bertz CT molecular complexity index is 219. The predicted molar refractivity (Wildman–Crippen MR) is 69.0 cm³/mol. The molecule has 1 aliphatic heterocycles. The third kappa shape index (κ3) is 6.03. The largest absolute Gasteiger partial charge is 0.469 e. The molecular weight excluding hydrogens is 218 g/mol. The second-order valence-electron chi connectivity index (χ2n) is 4.44. The van der Waals surface area contributed by atoms with Crippen LogP contribution in [0.15, 0.2) is 0 Å². The van der Waals surface area contributed by atoms with Gasteiger partial charge >= 0.3 is 5.97 Å². The molecule has 0 aromatic carbocycles. The van der Waals surface area contributed by atoms with Crippen molar-refractivity contribution in [3.05, 3.63) is 0 Å². The highest BCUT2D eigenvalue weighted by atomic mass is 16.5. The number of nitrogens with zero attached hydrogens (tertiary/aromatic N) is 1. The smallest absolute Gasteiger partial charge is 0.308 e. The molecule has 0 aromatic heterocycles. The number of ether oxygens (including phenoxy) is 2. The van der Waals surface area contributed by atoms with Gasteiger partial charge < -0.3 is 14.4 Å². The fourth-order valence-corrected chi connectivity index (χ4v) is 2.04. The number of methoxy groups -OCH3 is 1. The molecule has 0 amide bonds. The summed E-state index contributed by atoms with van der Waals surface area (Å²) in [6.07, 6.45) is 2.54. The van der Waals surface area contributed by atoms with Crippen molar-refractivity contribution in [3.8, 4) is 0 Å². The quantitative estimate of drug-likeness (QED) is 0.714. The van der Waals surface area contributed by atoms with E-state index in [0.29, 0.717) is 12.5 Å². The average molecular weight is 245 g/mol. The molecule has 3 unspecified atom stereocenters. The summed E-state index contributed by atoms with van der Waals surface area (Å²) in [5, 5.41) is 0. The van der Waals surface area contributed by atoms with Crippen molar-refractivity contribution < 1.29 is 14.3 Å². The first-order valence-corrected chi connectivity index (χ1v) is 6.41. The van der Waals surface area contributed by atoms with Gasteiger partial charge in [0.25, 0.3) is 0 Å². The van der Waals surface area contributed by atoms with Crippen LogP contribution in [0.3, 0.4) is 0 Å². The standard InChI is InChI=1S/C11H21NO3.C2H6/c1-8-5-9(12(2)3)6-10(15-8)7-11(13)14-4;1-2/h8-10H,5-7H2,1-4H3;1-2H3. The summed E-state index contributed by atoms with van der Waals surface area (Å²) >= 11 is 0. The van der Waals surface area contributed by atoms with Gasteiger partial charge in [0.15, 0.2) is 0 Å². The molecule has 4 heteroatoms. The second kappa shape index (κ2) is 8.48. The molecule has 1 heterocycles. The Morgan fingerprint density at radius 2 is 1.94 bits per heavy atom. The zero-order valence-corrected chi connectivity index (χ0v) is 12.0. The van der Waals surface area contributed by atoms with Crippen LogP contribution in [0.4, 0.5) is 0 Å². The minimum Gasteiger partial charge on any atom is -0.469 e. The number of carbonyl (C=O) groups excluding carboxylic acids is 1. The van der Waals surface area contributed by atoms with Crippen LogP contribution < -0.4 is 0 Å². The van der Waals surface area contributed by atoms with Gasteiger partial charge in [-0.15, -0.1) is 0 Å². The SMILES string of the molecule is CC.COC(=O)CC1CC(N(C)C)CC(C)O1. The average Bonchev–Trinajstić information content (AvgIpc) is 2.30. The Morgan fingerprint density at radius 1 is 1.35 bits per heavy atom. The molecule has 1 aliphatic rings. The van der Waals surface area contributed by atoms with E-state index in [-0.39, 0.29) is 18.2 Å². The van der Waals surface area contributed by atoms with Crippen LogP contribution in [0.25, 0.3) is 0 Å². The molecule has 0 radical (unpaired) electrons. The van der Waals surface area contributed by atoms with E-state index in [1.165, 1.54) is 7.11 Å². The number of esters is 1. The second-order valence-corrected chi connectivity index (χ2v) is 4.44. The van der Waals surface area contributed by atoms with Crippen molar-refractivity contribution in [1.82, 2.24) is 4.90 Å². The van der Waals surface area contributed by atoms with Crippen LogP contribution in [0.1, 0.15) is 40.0 Å². The van der Waals surface area contributed by atoms with E-state index in [9.17, 15) is 4.79 Å². The molecule has 4 nitrogen and oxygen atoms in total. The first-order chi connectivity index (χ1) is 8.02. The fraction of sp³-hybridized carbons (Fsp3) is 0.923. The monoisotopic (exact) mass is 245 g/mol. The normalized spacial score (nSPS) is 28.3. The number of hydrogen-bond donors (Lipinski definition) is 0. The van der Waals surface area contributed by atoms with E-state index >= 15 is 0 Å². The van der Waals surface area contributed by atoms with E-state index < -0.39 is 0 Å². The summed E-state index contributed by atoms with van der Waals surface area (Å²) in [7, 11) is 5.55. The van der Waals surface area contributed by atoms with Crippen molar-refractivity contribution in [2.45, 2.75) is 58.3 Å². The van der Waals surface area contributed by atoms with Gasteiger partial charge in [-0.25, -0.2) is 0 Å². The number of hydrogen-bond acceptors (Lipinski definition) is 4. The first-order valence-electron chi connectivity index (χ1n) is 6.41. The number of carbonyl (C=O) groups is 1. The maximum atomic E-state index is 11.1. The highest BCUT2D eigenvalue weighted by Gasteiger charge is 2.29. The lowest BCUT2D eigenvalue weighted by atomic mass is 9.96. The zero-order chi connectivity index (χ0) is 13.4. The number of rotatable bonds is 3. The van der Waals surface area contributed by atoms with Crippen molar-refractivity contribution in [1.29, 1.82) is 0 Å². The van der Waals surface area contributed by atoms with E-state index in [4.69, 9.17) is 4.74 Å². The molecule has 0 spiro atoms. The third-order valence-corrected chi connectivity index (χ3v) is 2.92. The van der Waals surface area contributed by atoms with Crippen LogP contribution >= 0.6 is 0 Å². The fourth-order valence-electron chi connectivity index (χ4n) is 2.04. The van der Waals surface area contributed by atoms with Crippen LogP contribution in [-0.4, -0.2) is 50.3 Å². The van der Waals surface area contributed by atoms with E-state index in [1.807, 2.05) is 13.8 Å². The highest BCUT2D eigenvalue weighted by molar-refractivity contribution is 5.69. The molecule has 1 fully saturated rings. The van der Waals surface area contributed by atoms with Crippen molar-refractivity contribution >= 4 is 5.97 Å². The highest BCUT2D eigenvalue weighted by Crippen LogP contribution is 2.24. The predicted octanol–water partition coefficient (Wildman–Crippen LogP) is 2.07. The molecule has 0 saturated carbocycles. The van der Waals surface area contributed by atoms with E-state index in [2.05, 4.69) is 30.7 Å². The van der Waals surface area contributed by atoms with Gasteiger partial charge in [0, 0.05) is 6.04 Å². The van der Waals surface area contributed by atoms with Crippen LogP contribution in [-0.2, 0) is 14.3 Å². The lowest BCUT2D eigenvalue weighted by molar-refractivity contribution is -0.147. The Hall–Kier alpha value is -0.610. The van der Waals surface area contributed by atoms with Crippen molar-refractivity contribution in [3.63, 3.8) is 0 Å². The molecule has 17 heavy (non-hydrogen) atoms. The summed E-state index contributed by atoms with van der Waals surface area (Å²) < 4.78 is 10.4. The van der Waals surface area contributed by atoms with Gasteiger partial charge in [0.05, 0.1) is 25.7 Å². The first kappa shape index (κ1) is 16.4. The van der Waals surface area contributed by atoms with Gasteiger partial charge in [0.2, 0.25) is 0 Å². The van der Waals surface area contributed by atoms with E-state index in [1.54, 1.807) is 0 Å². The summed E-state index contributed by atoms with van der Waals surface area (Å²) in [6, 6.07) is 0.503. The van der Waals surface area contributed by atoms with Crippen LogP contribution in [0.5, 0.6) is 0 Å². The van der Waals surface area contributed by atoms with Gasteiger partial charge in [-0.1, -0.05) is 13.8 Å². The summed E-state index contributed by atoms with van der Waals surface area (Å²) in [6.45, 7) is 6.06. The van der Waals surface area contributed by atoms with E-state index in [0.717, 1.165) is 12.8 Å². The van der Waals surface area contributed by atoms with Gasteiger partial charge in [-0.3, -0.25) is 4.79 Å². The molecule has 0 bridgehead atoms. The summed E-state index contributed by atoms with van der Waals surface area (Å²) in [5.41, 5.74) is 0. The molecule has 102 valence electrons. The molecular formula is C13H27NO3. The Morgan fingerprint density at radius 3 is 2.41 bits per heavy atom. The Kier molecular flexibility index (Phi) is 8.17. The van der Waals surface area contributed by atoms with Crippen LogP contribution in [0.2, 0.25) is 0 Å². The van der Waals surface area contributed by atoms with Crippen molar-refractivity contribution in [2.24, 2.45) is 0 Å². The molecule has 0 N–H and O–H groups in total. The maximum Gasteiger partial charge on any atom is 0.308 e. The molecule has 0 aliphatic carbocycles. The van der Waals surface area contributed by atoms with Gasteiger partial charge in [-0.2, -0.15) is 0 Å². The zero-order valence-electron chi connectivity index (χ0n) is 12.0. The lowest BCUT2D eigenvalue weighted by Crippen LogP contribution is -2.42. The van der Waals surface area contributed by atoms with Crippen molar-refractivity contribution in [2.75, 3.05) is 21.2 Å². The third-order valence-electron chi connectivity index (χ3n) is 2.92. The van der Waals surface area contributed by atoms with Gasteiger partial charge in [-0.05, 0) is 33.9 Å². The Labute approximate surface area is 105 Å². The summed E-state index contributed by atoms with van der Waals surface area (Å²) in [5.74, 6) is -0.188. The van der Waals surface area contributed by atoms with Crippen LogP contribution in [0, 0.1) is 0 Å².